The molecule has 0 unspecified atom stereocenters. The summed E-state index contributed by atoms with van der Waals surface area (Å²) in [6.07, 6.45) is 6.37. The summed E-state index contributed by atoms with van der Waals surface area (Å²) >= 11 is 12.5. The Bertz CT molecular complexity index is 1810. The van der Waals surface area contributed by atoms with Crippen molar-refractivity contribution in [1.82, 2.24) is 19.3 Å². The number of carboxylic acids is 1. The summed E-state index contributed by atoms with van der Waals surface area (Å²) in [6, 6.07) is 10.1. The highest BCUT2D eigenvalue weighted by Crippen LogP contribution is 2.61. The second-order valence-corrected chi connectivity index (χ2v) is 12.4. The maximum Gasteiger partial charge on any atom is 0.335 e. The van der Waals surface area contributed by atoms with Gasteiger partial charge in [0, 0.05) is 66.1 Å². The molecule has 4 aromatic rings. The fourth-order valence-corrected chi connectivity index (χ4v) is 7.92. The Balaban J connectivity index is 1.37. The number of nitrogens with zero attached hydrogens (tertiary/aromatic N) is 4. The molecule has 2 aliphatic heterocycles. The maximum absolute atomic E-state index is 16.0. The predicted molar refractivity (Wildman–Crippen MR) is 150 cm³/mol. The molecule has 8 nitrogen and oxygen atoms in total. The molecule has 4 aliphatic rings. The summed E-state index contributed by atoms with van der Waals surface area (Å²) in [4.78, 5) is 37.4. The highest BCUT2D eigenvalue weighted by Gasteiger charge is 2.67. The van der Waals surface area contributed by atoms with Gasteiger partial charge in [0.25, 0.3) is 0 Å². The zero-order valence-corrected chi connectivity index (χ0v) is 23.2. The van der Waals surface area contributed by atoms with Crippen LogP contribution in [0.3, 0.4) is 0 Å². The van der Waals surface area contributed by atoms with E-state index in [0.29, 0.717) is 47.2 Å². The molecule has 1 saturated carbocycles. The summed E-state index contributed by atoms with van der Waals surface area (Å²) in [5.41, 5.74) is 3.20. The van der Waals surface area contributed by atoms with Crippen molar-refractivity contribution in [2.45, 2.75) is 49.1 Å². The van der Waals surface area contributed by atoms with Crippen LogP contribution in [0.15, 0.2) is 48.8 Å². The molecule has 208 valence electrons. The van der Waals surface area contributed by atoms with E-state index in [1.807, 2.05) is 16.5 Å². The number of carbonyl (C=O) groups excluding carboxylic acids is 1. The quantitative estimate of drug-likeness (QED) is 0.311. The SMILES string of the molecule is O=C(O)c1ccn2c3c(nc2c1)[C@@H]1[C@H](C3)N(CC2CC2)[C@]2(Cc3ccc(Cl)cc3NC2=O)[C@H]1c1ccnc(Cl)c1F. The lowest BCUT2D eigenvalue weighted by molar-refractivity contribution is -0.129. The molecular formula is C30H24Cl2FN5O3. The van der Waals surface area contributed by atoms with E-state index in [1.165, 1.54) is 6.20 Å². The number of halogens is 3. The Morgan fingerprint density at radius 1 is 1.20 bits per heavy atom. The maximum atomic E-state index is 16.0. The van der Waals surface area contributed by atoms with Crippen LogP contribution in [-0.2, 0) is 17.6 Å². The van der Waals surface area contributed by atoms with Gasteiger partial charge in [-0.2, -0.15) is 0 Å². The van der Waals surface area contributed by atoms with Gasteiger partial charge in [0.05, 0.1) is 11.3 Å². The Labute approximate surface area is 244 Å². The summed E-state index contributed by atoms with van der Waals surface area (Å²) < 4.78 is 17.9. The van der Waals surface area contributed by atoms with E-state index in [9.17, 15) is 14.7 Å². The van der Waals surface area contributed by atoms with E-state index in [-0.39, 0.29) is 28.6 Å². The lowest BCUT2D eigenvalue weighted by Crippen LogP contribution is -2.61. The molecule has 1 saturated heterocycles. The molecule has 41 heavy (non-hydrogen) atoms. The highest BCUT2D eigenvalue weighted by atomic mass is 35.5. The molecule has 4 atom stereocenters. The summed E-state index contributed by atoms with van der Waals surface area (Å²) in [5.74, 6) is -2.36. The number of carboxylic acid groups (broad SMARTS) is 1. The number of rotatable bonds is 4. The van der Waals surface area contributed by atoms with Gasteiger partial charge in [-0.15, -0.1) is 0 Å². The van der Waals surface area contributed by atoms with Gasteiger partial charge in [-0.05, 0) is 60.2 Å². The Morgan fingerprint density at radius 2 is 2.02 bits per heavy atom. The van der Waals surface area contributed by atoms with Crippen LogP contribution in [-0.4, -0.2) is 54.4 Å². The molecule has 0 bridgehead atoms. The number of fused-ring (bicyclic) bond motifs is 6. The van der Waals surface area contributed by atoms with Gasteiger partial charge in [-0.3, -0.25) is 9.69 Å². The van der Waals surface area contributed by atoms with Crippen LogP contribution < -0.4 is 5.32 Å². The van der Waals surface area contributed by atoms with Crippen molar-refractivity contribution in [3.63, 3.8) is 0 Å². The normalized spacial score (nSPS) is 26.7. The molecule has 1 aromatic carbocycles. The number of nitrogens with one attached hydrogen (secondary N) is 1. The van der Waals surface area contributed by atoms with Crippen molar-refractivity contribution >= 4 is 46.4 Å². The smallest absolute Gasteiger partial charge is 0.335 e. The minimum absolute atomic E-state index is 0.111. The van der Waals surface area contributed by atoms with Gasteiger partial charge in [-0.25, -0.2) is 19.2 Å². The van der Waals surface area contributed by atoms with Crippen LogP contribution in [0.5, 0.6) is 0 Å². The number of imidazole rings is 1. The molecule has 2 aliphatic carbocycles. The van der Waals surface area contributed by atoms with Gasteiger partial charge < -0.3 is 14.8 Å². The van der Waals surface area contributed by atoms with Crippen molar-refractivity contribution in [3.8, 4) is 0 Å². The number of benzene rings is 1. The minimum atomic E-state index is -1.11. The third-order valence-corrected chi connectivity index (χ3v) is 9.96. The van der Waals surface area contributed by atoms with Gasteiger partial charge in [-0.1, -0.05) is 29.3 Å². The molecule has 8 rings (SSSR count). The number of anilines is 1. The van der Waals surface area contributed by atoms with Crippen LogP contribution in [0.2, 0.25) is 10.2 Å². The molecule has 0 radical (unpaired) electrons. The topological polar surface area (TPSA) is 99.8 Å². The van der Waals surface area contributed by atoms with E-state index in [0.717, 1.165) is 29.8 Å². The zero-order chi connectivity index (χ0) is 28.2. The van der Waals surface area contributed by atoms with Gasteiger partial charge in [0.2, 0.25) is 5.91 Å². The molecule has 1 spiro atoms. The monoisotopic (exact) mass is 591 g/mol. The lowest BCUT2D eigenvalue weighted by Gasteiger charge is -2.46. The molecule has 1 amide bonds. The predicted octanol–water partition coefficient (Wildman–Crippen LogP) is 5.32. The van der Waals surface area contributed by atoms with Gasteiger partial charge >= 0.3 is 5.97 Å². The van der Waals surface area contributed by atoms with Crippen molar-refractivity contribution in [2.75, 3.05) is 11.9 Å². The molecule has 11 heteroatoms. The number of aromatic carboxylic acids is 1. The first-order valence-electron chi connectivity index (χ1n) is 13.7. The van der Waals surface area contributed by atoms with E-state index >= 15 is 4.39 Å². The van der Waals surface area contributed by atoms with E-state index in [2.05, 4.69) is 15.2 Å². The third kappa shape index (κ3) is 3.55. The van der Waals surface area contributed by atoms with Crippen LogP contribution in [0, 0.1) is 11.7 Å². The Hall–Kier alpha value is -3.53. The summed E-state index contributed by atoms with van der Waals surface area (Å²) in [7, 11) is 0. The van der Waals surface area contributed by atoms with Crippen molar-refractivity contribution < 1.29 is 19.1 Å². The largest absolute Gasteiger partial charge is 0.478 e. The number of amides is 1. The Morgan fingerprint density at radius 3 is 2.80 bits per heavy atom. The standard InChI is InChI=1S/C30H24Cl2FN5O3/c31-17-4-3-16-12-30(29(41)35-19(16)10-17)24(18-5-7-34-27(32)25(18)33)23-20(38(30)13-14-1-2-14)11-21-26(23)36-22-9-15(28(39)40)6-8-37(21)22/h3-10,14,20,23-24H,1-2,11-13H2,(H,35,41)(H,39,40)/t20-,23+,24-,30+/m0/s1. The van der Waals surface area contributed by atoms with E-state index in [1.54, 1.807) is 30.5 Å². The van der Waals surface area contributed by atoms with E-state index < -0.39 is 23.2 Å². The third-order valence-electron chi connectivity index (χ3n) is 9.46. The first-order chi connectivity index (χ1) is 19.8. The molecule has 2 N–H and O–H groups in total. The highest BCUT2D eigenvalue weighted by molar-refractivity contribution is 6.31. The van der Waals surface area contributed by atoms with Crippen molar-refractivity contribution in [2.24, 2.45) is 5.92 Å². The van der Waals surface area contributed by atoms with Crippen LogP contribution in [0.1, 0.15) is 57.6 Å². The number of carbonyl (C=O) groups is 2. The molecule has 2 fully saturated rings. The first-order valence-corrected chi connectivity index (χ1v) is 14.4. The first kappa shape index (κ1) is 25.2. The average molecular weight is 592 g/mol. The number of hydrogen-bond donors (Lipinski definition) is 2. The number of likely N-dealkylation sites (tertiary alicyclic amines) is 1. The number of pyridine rings is 2. The summed E-state index contributed by atoms with van der Waals surface area (Å²) in [6.45, 7) is 0.713. The zero-order valence-electron chi connectivity index (χ0n) is 21.7. The molecule has 3 aromatic heterocycles. The van der Waals surface area contributed by atoms with Crippen LogP contribution in [0.4, 0.5) is 10.1 Å². The Kier molecular flexibility index (Phi) is 5.37. The van der Waals surface area contributed by atoms with Gasteiger partial charge in [0.15, 0.2) is 11.0 Å². The summed E-state index contributed by atoms with van der Waals surface area (Å²) in [5, 5.41) is 13.0. The lowest BCUT2D eigenvalue weighted by atomic mass is 9.69. The second-order valence-electron chi connectivity index (χ2n) is 11.6. The minimum Gasteiger partial charge on any atom is -0.478 e. The second kappa shape index (κ2) is 8.74. The van der Waals surface area contributed by atoms with Crippen molar-refractivity contribution in [3.05, 3.63) is 92.9 Å². The molecule has 5 heterocycles. The average Bonchev–Trinajstić information content (AvgIpc) is 3.53. The fraction of sp³-hybridized carbons (Fsp3) is 0.333. The van der Waals surface area contributed by atoms with Crippen molar-refractivity contribution in [1.29, 1.82) is 0 Å². The number of hydrogen-bond acceptors (Lipinski definition) is 5. The number of aromatic nitrogens is 3. The van der Waals surface area contributed by atoms with Crippen LogP contribution in [0.25, 0.3) is 5.65 Å². The fourth-order valence-electron chi connectivity index (χ4n) is 7.58. The molecular weight excluding hydrogens is 568 g/mol. The van der Waals surface area contributed by atoms with Gasteiger partial charge in [0.1, 0.15) is 11.2 Å². The van der Waals surface area contributed by atoms with Crippen LogP contribution >= 0.6 is 23.2 Å². The van der Waals surface area contributed by atoms with E-state index in [4.69, 9.17) is 28.2 Å².